The van der Waals surface area contributed by atoms with Crippen molar-refractivity contribution in [2.75, 3.05) is 13.1 Å². The van der Waals surface area contributed by atoms with Crippen molar-refractivity contribution < 1.29 is 0 Å². The number of pyridine rings is 1. The predicted molar refractivity (Wildman–Crippen MR) is 104 cm³/mol. The van der Waals surface area contributed by atoms with Crippen LogP contribution >= 0.6 is 0 Å². The molecule has 5 nitrogen and oxygen atoms in total. The number of piperidine rings is 1. The number of aromatic nitrogens is 3. The van der Waals surface area contributed by atoms with Crippen LogP contribution in [0.5, 0.6) is 0 Å². The van der Waals surface area contributed by atoms with Crippen LogP contribution in [-0.2, 0) is 13.1 Å². The fraction of sp³-hybridized carbons (Fsp3) is 0.318. The molecule has 136 valence electrons. The lowest BCUT2D eigenvalue weighted by Crippen LogP contribution is -2.46. The third-order valence-corrected chi connectivity index (χ3v) is 5.80. The average molecular weight is 358 g/mol. The number of nitrogens with zero attached hydrogens (tertiary/aromatic N) is 4. The monoisotopic (exact) mass is 358 g/mol. The maximum Gasteiger partial charge on any atom is 0.258 e. The highest BCUT2D eigenvalue weighted by Gasteiger charge is 2.34. The summed E-state index contributed by atoms with van der Waals surface area (Å²) in [5.41, 5.74) is 4.11. The maximum atomic E-state index is 13.1. The SMILES string of the molecule is O=c1c(-c2cncnc2)ccc2n1CC1CC2CN(Cc2ccccc2)C1. The van der Waals surface area contributed by atoms with Crippen LogP contribution in [-0.4, -0.2) is 32.5 Å². The van der Waals surface area contributed by atoms with Gasteiger partial charge in [-0.2, -0.15) is 0 Å². The highest BCUT2D eigenvalue weighted by molar-refractivity contribution is 5.60. The zero-order valence-corrected chi connectivity index (χ0v) is 15.2. The molecule has 0 amide bonds. The largest absolute Gasteiger partial charge is 0.311 e. The number of benzene rings is 1. The zero-order chi connectivity index (χ0) is 18.2. The number of hydrogen-bond donors (Lipinski definition) is 0. The molecule has 0 N–H and O–H groups in total. The molecule has 2 atom stereocenters. The second-order valence-electron chi connectivity index (χ2n) is 7.69. The Labute approximate surface area is 158 Å². The molecule has 2 unspecified atom stereocenters. The summed E-state index contributed by atoms with van der Waals surface area (Å²) >= 11 is 0. The first-order chi connectivity index (χ1) is 13.3. The molecule has 1 fully saturated rings. The van der Waals surface area contributed by atoms with Crippen LogP contribution in [0, 0.1) is 5.92 Å². The lowest BCUT2D eigenvalue weighted by molar-refractivity contribution is 0.114. The van der Waals surface area contributed by atoms with Crippen LogP contribution < -0.4 is 5.56 Å². The molecule has 3 aromatic rings. The van der Waals surface area contributed by atoms with Crippen LogP contribution in [0.4, 0.5) is 0 Å². The van der Waals surface area contributed by atoms with E-state index in [9.17, 15) is 4.79 Å². The molecule has 2 aromatic heterocycles. The van der Waals surface area contributed by atoms with Crippen LogP contribution in [0.15, 0.2) is 66.0 Å². The minimum absolute atomic E-state index is 0.0912. The van der Waals surface area contributed by atoms with Crippen molar-refractivity contribution in [3.05, 3.63) is 82.8 Å². The van der Waals surface area contributed by atoms with Gasteiger partial charge in [-0.25, -0.2) is 9.97 Å². The molecule has 1 saturated heterocycles. The first-order valence-corrected chi connectivity index (χ1v) is 9.53. The van der Waals surface area contributed by atoms with Crippen molar-refractivity contribution >= 4 is 0 Å². The Morgan fingerprint density at radius 3 is 2.59 bits per heavy atom. The van der Waals surface area contributed by atoms with E-state index in [0.717, 1.165) is 31.7 Å². The lowest BCUT2D eigenvalue weighted by atomic mass is 9.82. The molecule has 1 aromatic carbocycles. The van der Waals surface area contributed by atoms with Gasteiger partial charge in [-0.05, 0) is 30.0 Å². The Morgan fingerprint density at radius 2 is 1.78 bits per heavy atom. The topological polar surface area (TPSA) is 51.0 Å². The fourth-order valence-corrected chi connectivity index (χ4v) is 4.67. The highest BCUT2D eigenvalue weighted by Crippen LogP contribution is 2.36. The van der Waals surface area contributed by atoms with Gasteiger partial charge in [0.2, 0.25) is 0 Å². The number of rotatable bonds is 3. The molecule has 4 heterocycles. The van der Waals surface area contributed by atoms with Gasteiger partial charge in [-0.1, -0.05) is 30.3 Å². The Bertz CT molecular complexity index is 1000. The molecule has 27 heavy (non-hydrogen) atoms. The van der Waals surface area contributed by atoms with Crippen LogP contribution in [0.2, 0.25) is 0 Å². The zero-order valence-electron chi connectivity index (χ0n) is 15.2. The summed E-state index contributed by atoms with van der Waals surface area (Å²) in [7, 11) is 0. The van der Waals surface area contributed by atoms with Crippen molar-refractivity contribution in [2.45, 2.75) is 25.4 Å². The molecular formula is C22H22N4O. The third kappa shape index (κ3) is 3.08. The van der Waals surface area contributed by atoms with E-state index >= 15 is 0 Å². The summed E-state index contributed by atoms with van der Waals surface area (Å²) in [6, 6.07) is 14.7. The minimum Gasteiger partial charge on any atom is -0.311 e. The third-order valence-electron chi connectivity index (χ3n) is 5.80. The van der Waals surface area contributed by atoms with Crippen molar-refractivity contribution in [1.82, 2.24) is 19.4 Å². The van der Waals surface area contributed by atoms with Crippen LogP contribution in [0.25, 0.3) is 11.1 Å². The first-order valence-electron chi connectivity index (χ1n) is 9.53. The van der Waals surface area contributed by atoms with E-state index in [4.69, 9.17) is 0 Å². The number of hydrogen-bond acceptors (Lipinski definition) is 4. The lowest BCUT2D eigenvalue weighted by Gasteiger charge is -2.43. The first kappa shape index (κ1) is 16.4. The van der Waals surface area contributed by atoms with Crippen LogP contribution in [0.1, 0.15) is 23.6 Å². The summed E-state index contributed by atoms with van der Waals surface area (Å²) < 4.78 is 2.00. The van der Waals surface area contributed by atoms with Crippen molar-refractivity contribution in [2.24, 2.45) is 5.92 Å². The standard InChI is InChI=1S/C22H22N4O/c27-22-20(19-9-23-15-24-10-19)6-7-21-18-8-17(13-26(21)22)12-25(14-18)11-16-4-2-1-3-5-16/h1-7,9-10,15,17-18H,8,11-14H2. The van der Waals surface area contributed by atoms with Gasteiger partial charge >= 0.3 is 0 Å². The Morgan fingerprint density at radius 1 is 0.963 bits per heavy atom. The van der Waals surface area contributed by atoms with Crippen molar-refractivity contribution in [1.29, 1.82) is 0 Å². The normalized spacial score (nSPS) is 21.6. The summed E-state index contributed by atoms with van der Waals surface area (Å²) in [5, 5.41) is 0. The molecule has 0 radical (unpaired) electrons. The molecule has 5 heteroatoms. The highest BCUT2D eigenvalue weighted by atomic mass is 16.1. The fourth-order valence-electron chi connectivity index (χ4n) is 4.67. The van der Waals surface area contributed by atoms with E-state index in [1.807, 2.05) is 10.6 Å². The van der Waals surface area contributed by atoms with E-state index in [1.54, 1.807) is 12.4 Å². The van der Waals surface area contributed by atoms with E-state index in [-0.39, 0.29) is 5.56 Å². The Balaban J connectivity index is 1.44. The van der Waals surface area contributed by atoms with Crippen molar-refractivity contribution in [3.63, 3.8) is 0 Å². The minimum atomic E-state index is 0.0912. The average Bonchev–Trinajstić information content (AvgIpc) is 2.70. The second kappa shape index (κ2) is 6.74. The summed E-state index contributed by atoms with van der Waals surface area (Å²) in [6.45, 7) is 3.85. The molecule has 2 aliphatic rings. The molecule has 0 aliphatic carbocycles. The van der Waals surface area contributed by atoms with Gasteiger partial charge in [0.05, 0.1) is 5.56 Å². The van der Waals surface area contributed by atoms with Gasteiger partial charge in [0, 0.05) is 55.7 Å². The quantitative estimate of drug-likeness (QED) is 0.722. The summed E-state index contributed by atoms with van der Waals surface area (Å²) in [4.78, 5) is 23.8. The predicted octanol–water partition coefficient (Wildman–Crippen LogP) is 2.92. The van der Waals surface area contributed by atoms with E-state index in [0.29, 0.717) is 17.4 Å². The Kier molecular flexibility index (Phi) is 4.09. The number of likely N-dealkylation sites (tertiary alicyclic amines) is 1. The van der Waals surface area contributed by atoms with Crippen molar-refractivity contribution in [3.8, 4) is 11.1 Å². The molecule has 2 bridgehead atoms. The molecular weight excluding hydrogens is 336 g/mol. The van der Waals surface area contributed by atoms with Gasteiger partial charge < -0.3 is 4.57 Å². The van der Waals surface area contributed by atoms with E-state index in [2.05, 4.69) is 51.3 Å². The molecule has 2 aliphatic heterocycles. The van der Waals surface area contributed by atoms with Gasteiger partial charge in [0.25, 0.3) is 5.56 Å². The summed E-state index contributed by atoms with van der Waals surface area (Å²) in [6.07, 6.45) is 6.09. The van der Waals surface area contributed by atoms with Gasteiger partial charge in [-0.15, -0.1) is 0 Å². The molecule has 5 rings (SSSR count). The second-order valence-corrected chi connectivity index (χ2v) is 7.69. The van der Waals surface area contributed by atoms with Crippen LogP contribution in [0.3, 0.4) is 0 Å². The van der Waals surface area contributed by atoms with E-state index < -0.39 is 0 Å². The smallest absolute Gasteiger partial charge is 0.258 e. The Hall–Kier alpha value is -2.79. The van der Waals surface area contributed by atoms with E-state index in [1.165, 1.54) is 24.0 Å². The molecule has 0 saturated carbocycles. The summed E-state index contributed by atoms with van der Waals surface area (Å²) in [5.74, 6) is 0.954. The maximum absolute atomic E-state index is 13.1. The van der Waals surface area contributed by atoms with Gasteiger partial charge in [-0.3, -0.25) is 9.69 Å². The number of fused-ring (bicyclic) bond motifs is 4. The molecule has 0 spiro atoms. The van der Waals surface area contributed by atoms with Gasteiger partial charge in [0.15, 0.2) is 0 Å². The van der Waals surface area contributed by atoms with Gasteiger partial charge in [0.1, 0.15) is 6.33 Å².